The number of benzene rings is 1. The molecule has 0 bridgehead atoms. The number of nitrogens with zero attached hydrogens (tertiary/aromatic N) is 2. The Morgan fingerprint density at radius 2 is 2.08 bits per heavy atom. The van der Waals surface area contributed by atoms with Gasteiger partial charge in [0.15, 0.2) is 5.96 Å². The molecule has 2 N–H and O–H groups in total. The van der Waals surface area contributed by atoms with Gasteiger partial charge in [-0.05, 0) is 30.7 Å². The Bertz CT molecular complexity index is 634. The number of hydrogen-bond acceptors (Lipinski definition) is 3. The summed E-state index contributed by atoms with van der Waals surface area (Å²) < 4.78 is 5.12. The summed E-state index contributed by atoms with van der Waals surface area (Å²) >= 11 is 0. The molecule has 2 rings (SSSR count). The van der Waals surface area contributed by atoms with Gasteiger partial charge in [-0.2, -0.15) is 0 Å². The Morgan fingerprint density at radius 3 is 2.75 bits per heavy atom. The lowest BCUT2D eigenvalue weighted by molar-refractivity contribution is 0.179. The lowest BCUT2D eigenvalue weighted by atomic mass is 10.1. The highest BCUT2D eigenvalue weighted by Gasteiger charge is 2.05. The second kappa shape index (κ2) is 11.0. The zero-order chi connectivity index (χ0) is 16.5. The molecule has 24 heavy (non-hydrogen) atoms. The third-order valence-corrected chi connectivity index (χ3v) is 3.37. The molecule has 6 heteroatoms. The monoisotopic (exact) mass is 440 g/mol. The smallest absolute Gasteiger partial charge is 0.191 e. The molecular weight excluding hydrogens is 415 g/mol. The average Bonchev–Trinajstić information content (AvgIpc) is 2.60. The van der Waals surface area contributed by atoms with E-state index in [2.05, 4.69) is 45.7 Å². The molecule has 1 atom stereocenters. The van der Waals surface area contributed by atoms with Crippen LogP contribution in [0.15, 0.2) is 53.7 Å². The zero-order valence-electron chi connectivity index (χ0n) is 14.3. The van der Waals surface area contributed by atoms with Crippen molar-refractivity contribution in [2.24, 2.45) is 4.99 Å². The number of halogens is 1. The number of pyridine rings is 1. The molecular formula is C18H25IN4O. The molecule has 0 spiro atoms. The van der Waals surface area contributed by atoms with Crippen LogP contribution in [0.5, 0.6) is 0 Å². The summed E-state index contributed by atoms with van der Waals surface area (Å²) in [6.07, 6.45) is 1.81. The first kappa shape index (κ1) is 20.4. The van der Waals surface area contributed by atoms with E-state index in [1.807, 2.05) is 30.5 Å². The standard InChI is InChI=1S/C18H24N4O.HI/c1-14(13-23-3)22-18(19-2)21-12-15-7-6-8-16(11-15)17-9-4-5-10-20-17;/h4-11,14H,12-13H2,1-3H3,(H2,19,21,22);1H. The Balaban J connectivity index is 0.00000288. The van der Waals surface area contributed by atoms with Gasteiger partial charge in [-0.25, -0.2) is 0 Å². The van der Waals surface area contributed by atoms with Crippen LogP contribution in [0, 0.1) is 0 Å². The van der Waals surface area contributed by atoms with Crippen molar-refractivity contribution in [3.63, 3.8) is 0 Å². The molecule has 1 aromatic heterocycles. The summed E-state index contributed by atoms with van der Waals surface area (Å²) in [6.45, 7) is 3.38. The molecule has 0 aliphatic heterocycles. The third-order valence-electron chi connectivity index (χ3n) is 3.37. The summed E-state index contributed by atoms with van der Waals surface area (Å²) in [6, 6.07) is 14.5. The van der Waals surface area contributed by atoms with Crippen LogP contribution in [0.25, 0.3) is 11.3 Å². The van der Waals surface area contributed by atoms with Crippen LogP contribution in [-0.4, -0.2) is 37.7 Å². The zero-order valence-corrected chi connectivity index (χ0v) is 16.7. The molecule has 1 aromatic carbocycles. The Morgan fingerprint density at radius 1 is 1.25 bits per heavy atom. The normalized spacial score (nSPS) is 12.2. The van der Waals surface area contributed by atoms with E-state index in [0.717, 1.165) is 17.2 Å². The van der Waals surface area contributed by atoms with E-state index < -0.39 is 0 Å². The molecule has 0 fully saturated rings. The van der Waals surface area contributed by atoms with Crippen LogP contribution >= 0.6 is 24.0 Å². The highest BCUT2D eigenvalue weighted by Crippen LogP contribution is 2.17. The summed E-state index contributed by atoms with van der Waals surface area (Å²) in [4.78, 5) is 8.62. The number of methoxy groups -OCH3 is 1. The Kier molecular flexibility index (Phi) is 9.33. The van der Waals surface area contributed by atoms with Gasteiger partial charge in [0.05, 0.1) is 12.3 Å². The van der Waals surface area contributed by atoms with E-state index in [1.165, 1.54) is 5.56 Å². The fourth-order valence-corrected chi connectivity index (χ4v) is 2.28. The number of nitrogens with one attached hydrogen (secondary N) is 2. The number of guanidine groups is 1. The van der Waals surface area contributed by atoms with E-state index >= 15 is 0 Å². The van der Waals surface area contributed by atoms with E-state index in [4.69, 9.17) is 4.74 Å². The lowest BCUT2D eigenvalue weighted by Crippen LogP contribution is -2.43. The molecule has 0 saturated heterocycles. The minimum absolute atomic E-state index is 0. The second-order valence-corrected chi connectivity index (χ2v) is 5.34. The van der Waals surface area contributed by atoms with Crippen LogP contribution in [0.3, 0.4) is 0 Å². The van der Waals surface area contributed by atoms with Crippen molar-refractivity contribution in [3.8, 4) is 11.3 Å². The molecule has 2 aromatic rings. The number of hydrogen-bond donors (Lipinski definition) is 2. The van der Waals surface area contributed by atoms with Gasteiger partial charge in [0.25, 0.3) is 0 Å². The minimum atomic E-state index is 0. The topological polar surface area (TPSA) is 58.5 Å². The number of aromatic nitrogens is 1. The third kappa shape index (κ3) is 6.45. The van der Waals surface area contributed by atoms with Crippen molar-refractivity contribution in [1.29, 1.82) is 0 Å². The highest BCUT2D eigenvalue weighted by molar-refractivity contribution is 14.0. The predicted octanol–water partition coefficient (Wildman–Crippen LogP) is 3.07. The molecule has 0 aliphatic carbocycles. The summed E-state index contributed by atoms with van der Waals surface area (Å²) in [5, 5.41) is 6.60. The Hall–Kier alpha value is -1.67. The summed E-state index contributed by atoms with van der Waals surface area (Å²) in [5.74, 6) is 0.762. The van der Waals surface area contributed by atoms with Crippen LogP contribution in [-0.2, 0) is 11.3 Å². The van der Waals surface area contributed by atoms with Gasteiger partial charge in [-0.15, -0.1) is 24.0 Å². The van der Waals surface area contributed by atoms with Gasteiger partial charge in [-0.1, -0.05) is 24.3 Å². The second-order valence-electron chi connectivity index (χ2n) is 5.34. The summed E-state index contributed by atoms with van der Waals surface area (Å²) in [7, 11) is 3.46. The maximum absolute atomic E-state index is 5.12. The largest absolute Gasteiger partial charge is 0.383 e. The fraction of sp³-hybridized carbons (Fsp3) is 0.333. The SMILES string of the molecule is CN=C(NCc1cccc(-c2ccccn2)c1)NC(C)COC.I. The van der Waals surface area contributed by atoms with Gasteiger partial charge in [0, 0.05) is 38.5 Å². The Labute approximate surface area is 161 Å². The van der Waals surface area contributed by atoms with Crippen molar-refractivity contribution >= 4 is 29.9 Å². The summed E-state index contributed by atoms with van der Waals surface area (Å²) in [5.41, 5.74) is 3.27. The van der Waals surface area contributed by atoms with Crippen LogP contribution in [0.1, 0.15) is 12.5 Å². The molecule has 0 aliphatic rings. The fourth-order valence-electron chi connectivity index (χ4n) is 2.28. The van der Waals surface area contributed by atoms with E-state index in [9.17, 15) is 0 Å². The van der Waals surface area contributed by atoms with Crippen molar-refractivity contribution < 1.29 is 4.74 Å². The number of rotatable bonds is 6. The van der Waals surface area contributed by atoms with Crippen molar-refractivity contribution in [1.82, 2.24) is 15.6 Å². The predicted molar refractivity (Wildman–Crippen MR) is 110 cm³/mol. The van der Waals surface area contributed by atoms with E-state index in [1.54, 1.807) is 14.2 Å². The van der Waals surface area contributed by atoms with Crippen molar-refractivity contribution in [2.75, 3.05) is 20.8 Å². The quantitative estimate of drug-likeness (QED) is 0.412. The van der Waals surface area contributed by atoms with Crippen LogP contribution < -0.4 is 10.6 Å². The van der Waals surface area contributed by atoms with Gasteiger partial charge >= 0.3 is 0 Å². The molecule has 0 radical (unpaired) electrons. The van der Waals surface area contributed by atoms with Gasteiger partial charge < -0.3 is 15.4 Å². The lowest BCUT2D eigenvalue weighted by Gasteiger charge is -2.17. The number of ether oxygens (including phenoxy) is 1. The molecule has 1 unspecified atom stereocenters. The first-order valence-electron chi connectivity index (χ1n) is 7.69. The van der Waals surface area contributed by atoms with E-state index in [-0.39, 0.29) is 30.0 Å². The van der Waals surface area contributed by atoms with Gasteiger partial charge in [-0.3, -0.25) is 9.98 Å². The first-order valence-corrected chi connectivity index (χ1v) is 7.69. The van der Waals surface area contributed by atoms with Gasteiger partial charge in [0.2, 0.25) is 0 Å². The molecule has 0 amide bonds. The molecule has 1 heterocycles. The van der Waals surface area contributed by atoms with Crippen LogP contribution in [0.2, 0.25) is 0 Å². The maximum Gasteiger partial charge on any atom is 0.191 e. The first-order chi connectivity index (χ1) is 11.2. The average molecular weight is 440 g/mol. The molecule has 5 nitrogen and oxygen atoms in total. The van der Waals surface area contributed by atoms with Crippen LogP contribution in [0.4, 0.5) is 0 Å². The van der Waals surface area contributed by atoms with E-state index in [0.29, 0.717) is 13.2 Å². The number of aliphatic imine (C=N–C) groups is 1. The molecule has 0 saturated carbocycles. The highest BCUT2D eigenvalue weighted by atomic mass is 127. The minimum Gasteiger partial charge on any atom is -0.383 e. The maximum atomic E-state index is 5.12. The van der Waals surface area contributed by atoms with Crippen molar-refractivity contribution in [3.05, 3.63) is 54.2 Å². The molecule has 130 valence electrons. The van der Waals surface area contributed by atoms with Crippen molar-refractivity contribution in [2.45, 2.75) is 19.5 Å². The van der Waals surface area contributed by atoms with Gasteiger partial charge in [0.1, 0.15) is 0 Å².